The number of aromatic amines is 1. The lowest BCUT2D eigenvalue weighted by atomic mass is 10.1. The minimum atomic E-state index is -3.60. The van der Waals surface area contributed by atoms with Gasteiger partial charge in [0.1, 0.15) is 0 Å². The minimum absolute atomic E-state index is 0.0554. The molecule has 21 heavy (non-hydrogen) atoms. The molecule has 3 rings (SSSR count). The highest BCUT2D eigenvalue weighted by Crippen LogP contribution is 2.18. The van der Waals surface area contributed by atoms with Crippen molar-refractivity contribution < 1.29 is 12.8 Å². The van der Waals surface area contributed by atoms with Crippen LogP contribution in [0.15, 0.2) is 32.3 Å². The van der Waals surface area contributed by atoms with Crippen LogP contribution in [0.1, 0.15) is 12.8 Å². The molecule has 0 aliphatic carbocycles. The molecule has 7 nitrogen and oxygen atoms in total. The van der Waals surface area contributed by atoms with Crippen molar-refractivity contribution in [2.24, 2.45) is 0 Å². The third-order valence-corrected chi connectivity index (χ3v) is 5.26. The number of rotatable bonds is 3. The summed E-state index contributed by atoms with van der Waals surface area (Å²) in [6.45, 7) is 1.75. The van der Waals surface area contributed by atoms with Crippen LogP contribution in [-0.2, 0) is 10.0 Å². The lowest BCUT2D eigenvalue weighted by molar-refractivity contribution is 0.248. The van der Waals surface area contributed by atoms with Crippen LogP contribution in [0, 0.1) is 0 Å². The van der Waals surface area contributed by atoms with Crippen molar-refractivity contribution in [3.8, 4) is 0 Å². The Morgan fingerprint density at radius 2 is 2.05 bits per heavy atom. The largest absolute Gasteiger partial charge is 0.417 e. The maximum Gasteiger partial charge on any atom is 0.417 e. The Bertz CT molecular complexity index is 800. The van der Waals surface area contributed by atoms with Crippen molar-refractivity contribution in [1.82, 2.24) is 14.6 Å². The number of nitrogens with zero attached hydrogens (tertiary/aromatic N) is 1. The van der Waals surface area contributed by atoms with Gasteiger partial charge in [-0.3, -0.25) is 4.98 Å². The Kier molecular flexibility index (Phi) is 3.60. The van der Waals surface area contributed by atoms with E-state index >= 15 is 0 Å². The summed E-state index contributed by atoms with van der Waals surface area (Å²) in [4.78, 5) is 15.9. The molecule has 1 fully saturated rings. The van der Waals surface area contributed by atoms with Crippen LogP contribution in [0.2, 0.25) is 0 Å². The monoisotopic (exact) mass is 311 g/mol. The maximum absolute atomic E-state index is 12.4. The summed E-state index contributed by atoms with van der Waals surface area (Å²) in [7, 11) is -1.58. The molecule has 0 spiro atoms. The Morgan fingerprint density at radius 3 is 2.76 bits per heavy atom. The quantitative estimate of drug-likeness (QED) is 0.860. The molecule has 1 aliphatic rings. The first-order valence-corrected chi connectivity index (χ1v) is 8.26. The van der Waals surface area contributed by atoms with E-state index in [1.807, 2.05) is 7.05 Å². The lowest BCUT2D eigenvalue weighted by Crippen LogP contribution is -2.43. The fraction of sp³-hybridized carbons (Fsp3) is 0.462. The molecule has 0 unspecified atom stereocenters. The molecule has 0 atom stereocenters. The van der Waals surface area contributed by atoms with Crippen molar-refractivity contribution in [2.45, 2.75) is 23.8 Å². The number of fused-ring (bicyclic) bond motifs is 1. The number of sulfonamides is 1. The topological polar surface area (TPSA) is 95.4 Å². The second-order valence-electron chi connectivity index (χ2n) is 5.37. The van der Waals surface area contributed by atoms with E-state index in [1.54, 1.807) is 0 Å². The van der Waals surface area contributed by atoms with E-state index in [0.29, 0.717) is 5.52 Å². The van der Waals surface area contributed by atoms with Crippen LogP contribution in [0.4, 0.5) is 0 Å². The molecule has 2 heterocycles. The number of piperidine rings is 1. The second kappa shape index (κ2) is 5.28. The van der Waals surface area contributed by atoms with Gasteiger partial charge in [0, 0.05) is 12.1 Å². The van der Waals surface area contributed by atoms with Crippen molar-refractivity contribution >= 4 is 21.1 Å². The number of hydrogen-bond donors (Lipinski definition) is 2. The van der Waals surface area contributed by atoms with Crippen LogP contribution in [0.25, 0.3) is 11.1 Å². The molecular weight excluding hydrogens is 294 g/mol. The van der Waals surface area contributed by atoms with Crippen LogP contribution in [-0.4, -0.2) is 44.5 Å². The van der Waals surface area contributed by atoms with Gasteiger partial charge >= 0.3 is 5.76 Å². The van der Waals surface area contributed by atoms with E-state index in [4.69, 9.17) is 4.42 Å². The number of nitrogens with one attached hydrogen (secondary N) is 2. The molecule has 2 N–H and O–H groups in total. The highest BCUT2D eigenvalue weighted by atomic mass is 32.2. The Morgan fingerprint density at radius 1 is 1.33 bits per heavy atom. The van der Waals surface area contributed by atoms with Crippen LogP contribution in [0.5, 0.6) is 0 Å². The Hall–Kier alpha value is -1.64. The summed E-state index contributed by atoms with van der Waals surface area (Å²) < 4.78 is 32.4. The number of benzene rings is 1. The maximum atomic E-state index is 12.4. The molecule has 0 bridgehead atoms. The van der Waals surface area contributed by atoms with Gasteiger partial charge in [-0.25, -0.2) is 17.9 Å². The van der Waals surface area contributed by atoms with Gasteiger partial charge in [0.05, 0.1) is 10.4 Å². The molecule has 1 aliphatic heterocycles. The number of H-pyrrole nitrogens is 1. The van der Waals surface area contributed by atoms with Crippen LogP contribution in [0.3, 0.4) is 0 Å². The third-order valence-electron chi connectivity index (χ3n) is 3.74. The van der Waals surface area contributed by atoms with E-state index in [-0.39, 0.29) is 16.5 Å². The van der Waals surface area contributed by atoms with Crippen molar-refractivity contribution in [3.05, 3.63) is 28.7 Å². The van der Waals surface area contributed by atoms with E-state index in [2.05, 4.69) is 14.6 Å². The molecule has 114 valence electrons. The summed E-state index contributed by atoms with van der Waals surface area (Å²) in [5, 5.41) is 0. The van der Waals surface area contributed by atoms with Crippen LogP contribution < -0.4 is 10.5 Å². The van der Waals surface area contributed by atoms with Gasteiger partial charge in [0.25, 0.3) is 0 Å². The second-order valence-corrected chi connectivity index (χ2v) is 7.09. The molecule has 8 heteroatoms. The molecule has 0 amide bonds. The molecular formula is C13H17N3O4S. The molecule has 1 aromatic heterocycles. The molecule has 0 saturated carbocycles. The zero-order chi connectivity index (χ0) is 15.0. The van der Waals surface area contributed by atoms with Gasteiger partial charge in [0.2, 0.25) is 10.0 Å². The fourth-order valence-electron chi connectivity index (χ4n) is 2.51. The van der Waals surface area contributed by atoms with Gasteiger partial charge < -0.3 is 9.32 Å². The zero-order valence-electron chi connectivity index (χ0n) is 11.6. The van der Waals surface area contributed by atoms with Crippen molar-refractivity contribution in [2.75, 3.05) is 20.1 Å². The fourth-order valence-corrected chi connectivity index (χ4v) is 3.83. The normalized spacial score (nSPS) is 18.3. The highest BCUT2D eigenvalue weighted by Gasteiger charge is 2.23. The standard InChI is InChI=1S/C13H17N3O4S/c1-16-6-4-9(5-7-16)15-21(18,19)10-2-3-11-12(8-10)20-13(17)14-11/h2-3,8-9,15H,4-7H2,1H3,(H,14,17). The number of oxazole rings is 1. The lowest BCUT2D eigenvalue weighted by Gasteiger charge is -2.29. The average Bonchev–Trinajstić information content (AvgIpc) is 2.80. The number of likely N-dealkylation sites (tertiary alicyclic amines) is 1. The summed E-state index contributed by atoms with van der Waals surface area (Å²) in [6.07, 6.45) is 1.58. The van der Waals surface area contributed by atoms with E-state index in [1.165, 1.54) is 18.2 Å². The highest BCUT2D eigenvalue weighted by molar-refractivity contribution is 7.89. The van der Waals surface area contributed by atoms with Gasteiger partial charge in [-0.05, 0) is 45.1 Å². The van der Waals surface area contributed by atoms with Crippen molar-refractivity contribution in [1.29, 1.82) is 0 Å². The smallest absolute Gasteiger partial charge is 0.408 e. The summed E-state index contributed by atoms with van der Waals surface area (Å²) in [5.74, 6) is -0.595. The number of aromatic nitrogens is 1. The zero-order valence-corrected chi connectivity index (χ0v) is 12.4. The first kappa shape index (κ1) is 14.3. The predicted molar refractivity (Wildman–Crippen MR) is 77.7 cm³/mol. The minimum Gasteiger partial charge on any atom is -0.408 e. The van der Waals surface area contributed by atoms with Crippen LogP contribution >= 0.6 is 0 Å². The Balaban J connectivity index is 1.84. The number of hydrogen-bond acceptors (Lipinski definition) is 5. The average molecular weight is 311 g/mol. The Labute approximate surface area is 122 Å². The SMILES string of the molecule is CN1CCC(NS(=O)(=O)c2ccc3[nH]c(=O)oc3c2)CC1. The first-order chi connectivity index (χ1) is 9.94. The van der Waals surface area contributed by atoms with E-state index in [9.17, 15) is 13.2 Å². The van der Waals surface area contributed by atoms with E-state index in [0.717, 1.165) is 25.9 Å². The predicted octanol–water partition coefficient (Wildman–Crippen LogP) is 0.494. The van der Waals surface area contributed by atoms with Gasteiger partial charge in [-0.1, -0.05) is 0 Å². The summed E-state index contributed by atoms with van der Waals surface area (Å²) >= 11 is 0. The van der Waals surface area contributed by atoms with Gasteiger partial charge in [-0.2, -0.15) is 0 Å². The van der Waals surface area contributed by atoms with Crippen molar-refractivity contribution in [3.63, 3.8) is 0 Å². The molecule has 1 saturated heterocycles. The third kappa shape index (κ3) is 3.02. The van der Waals surface area contributed by atoms with Gasteiger partial charge in [0.15, 0.2) is 5.58 Å². The van der Waals surface area contributed by atoms with E-state index < -0.39 is 15.8 Å². The molecule has 2 aromatic rings. The summed E-state index contributed by atoms with van der Waals surface area (Å²) in [5.41, 5.74) is 0.726. The molecule has 0 radical (unpaired) electrons. The summed E-state index contributed by atoms with van der Waals surface area (Å²) in [6, 6.07) is 4.30. The van der Waals surface area contributed by atoms with Gasteiger partial charge in [-0.15, -0.1) is 0 Å². The molecule has 1 aromatic carbocycles. The first-order valence-electron chi connectivity index (χ1n) is 6.78.